The molecule has 1 fully saturated rings. The molecule has 2 aromatic heterocycles. The van der Waals surface area contributed by atoms with Crippen molar-refractivity contribution >= 4 is 52.6 Å². The Morgan fingerprint density at radius 3 is 2.68 bits per heavy atom. The van der Waals surface area contributed by atoms with Crippen molar-refractivity contribution in [2.75, 3.05) is 32.7 Å². The minimum atomic E-state index is -0.935. The maximum Gasteiger partial charge on any atom is 0.191 e. The third-order valence-corrected chi connectivity index (χ3v) is 7.66. The second kappa shape index (κ2) is 13.1. The van der Waals surface area contributed by atoms with E-state index in [1.54, 1.807) is 22.7 Å². The molecule has 1 unspecified atom stereocenters. The minimum absolute atomic E-state index is 0. The Balaban J connectivity index is 0.00000341. The summed E-state index contributed by atoms with van der Waals surface area (Å²) >= 11 is 3.34. The highest BCUT2D eigenvalue weighted by atomic mass is 127. The van der Waals surface area contributed by atoms with Gasteiger partial charge in [-0.05, 0) is 63.6 Å². The van der Waals surface area contributed by atoms with Crippen LogP contribution < -0.4 is 10.6 Å². The number of nitrogens with one attached hydrogen (secondary N) is 2. The van der Waals surface area contributed by atoms with Gasteiger partial charge in [-0.2, -0.15) is 0 Å². The predicted octanol–water partition coefficient (Wildman–Crippen LogP) is 4.06. The lowest BCUT2D eigenvalue weighted by Crippen LogP contribution is -2.43. The lowest BCUT2D eigenvalue weighted by atomic mass is 9.97. The second-order valence-electron chi connectivity index (χ2n) is 8.13. The molecule has 0 aromatic carbocycles. The predicted molar refractivity (Wildman–Crippen MR) is 143 cm³/mol. The highest BCUT2D eigenvalue weighted by Gasteiger charge is 2.24. The standard InChI is InChI=1S/C22H35N5OS2.HI/c1-4-20-26-18(15-30-20)14-27-10-8-17(9-11-27)13-24-21(23-5-2)25-16-22(3,28)19-7-6-12-29-19;/h6-7,12,15,17,28H,4-5,8-11,13-14,16H2,1-3H3,(H2,23,24,25);1H. The molecule has 0 spiro atoms. The summed E-state index contributed by atoms with van der Waals surface area (Å²) in [6, 6.07) is 3.92. The van der Waals surface area contributed by atoms with Gasteiger partial charge in [0.1, 0.15) is 5.60 Å². The Labute approximate surface area is 211 Å². The van der Waals surface area contributed by atoms with Crippen molar-refractivity contribution in [1.29, 1.82) is 0 Å². The first kappa shape index (κ1) is 26.5. The van der Waals surface area contributed by atoms with Crippen LogP contribution in [0.1, 0.15) is 49.2 Å². The van der Waals surface area contributed by atoms with Crippen molar-refractivity contribution in [2.24, 2.45) is 10.9 Å². The normalized spacial score (nSPS) is 17.7. The summed E-state index contributed by atoms with van der Waals surface area (Å²) in [5, 5.41) is 22.9. The van der Waals surface area contributed by atoms with Crippen molar-refractivity contribution in [3.05, 3.63) is 38.5 Å². The Morgan fingerprint density at radius 2 is 2.06 bits per heavy atom. The highest BCUT2D eigenvalue weighted by molar-refractivity contribution is 14.0. The van der Waals surface area contributed by atoms with E-state index in [0.29, 0.717) is 12.5 Å². The SMILES string of the molecule is CCNC(=NCC(C)(O)c1cccs1)NCC1CCN(Cc2csc(CC)n2)CC1.I. The van der Waals surface area contributed by atoms with E-state index in [1.807, 2.05) is 24.4 Å². The zero-order chi connectivity index (χ0) is 21.4. The first-order valence-electron chi connectivity index (χ1n) is 10.9. The molecule has 3 heterocycles. The third kappa shape index (κ3) is 8.27. The Bertz CT molecular complexity index is 786. The topological polar surface area (TPSA) is 72.8 Å². The molecule has 31 heavy (non-hydrogen) atoms. The van der Waals surface area contributed by atoms with Crippen molar-refractivity contribution in [2.45, 2.75) is 52.2 Å². The van der Waals surface area contributed by atoms with Gasteiger partial charge in [0.05, 0.1) is 17.2 Å². The largest absolute Gasteiger partial charge is 0.383 e. The molecule has 0 bridgehead atoms. The number of hydrogen-bond acceptors (Lipinski definition) is 6. The first-order chi connectivity index (χ1) is 14.5. The van der Waals surface area contributed by atoms with E-state index in [9.17, 15) is 5.11 Å². The number of thiazole rings is 1. The molecule has 0 saturated carbocycles. The van der Waals surface area contributed by atoms with Crippen LogP contribution in [0.15, 0.2) is 27.9 Å². The van der Waals surface area contributed by atoms with Gasteiger partial charge in [0.25, 0.3) is 0 Å². The second-order valence-corrected chi connectivity index (χ2v) is 10.0. The molecule has 174 valence electrons. The van der Waals surface area contributed by atoms with E-state index in [4.69, 9.17) is 4.98 Å². The lowest BCUT2D eigenvalue weighted by Gasteiger charge is -2.32. The lowest BCUT2D eigenvalue weighted by molar-refractivity contribution is 0.0711. The average Bonchev–Trinajstić information content (AvgIpc) is 3.44. The van der Waals surface area contributed by atoms with E-state index >= 15 is 0 Å². The van der Waals surface area contributed by atoms with Gasteiger partial charge in [-0.3, -0.25) is 4.90 Å². The molecular formula is C22H36IN5OS2. The number of aromatic nitrogens is 1. The monoisotopic (exact) mass is 577 g/mol. The van der Waals surface area contributed by atoms with Crippen molar-refractivity contribution in [3.8, 4) is 0 Å². The highest BCUT2D eigenvalue weighted by Crippen LogP contribution is 2.25. The van der Waals surface area contributed by atoms with Crippen LogP contribution in [0.3, 0.4) is 0 Å². The molecule has 3 N–H and O–H groups in total. The van der Waals surface area contributed by atoms with Gasteiger partial charge in [0.15, 0.2) is 5.96 Å². The average molecular weight is 578 g/mol. The maximum atomic E-state index is 10.7. The minimum Gasteiger partial charge on any atom is -0.383 e. The maximum absolute atomic E-state index is 10.7. The number of aliphatic imine (C=N–C) groups is 1. The van der Waals surface area contributed by atoms with Gasteiger partial charge >= 0.3 is 0 Å². The summed E-state index contributed by atoms with van der Waals surface area (Å²) in [5.74, 6) is 1.43. The quantitative estimate of drug-likeness (QED) is 0.238. The van der Waals surface area contributed by atoms with E-state index in [2.05, 4.69) is 39.8 Å². The van der Waals surface area contributed by atoms with E-state index in [0.717, 1.165) is 50.0 Å². The zero-order valence-corrected chi connectivity index (χ0v) is 22.7. The summed E-state index contributed by atoms with van der Waals surface area (Å²) in [6.45, 7) is 11.3. The summed E-state index contributed by atoms with van der Waals surface area (Å²) in [4.78, 5) is 12.8. The number of nitrogens with zero attached hydrogens (tertiary/aromatic N) is 3. The van der Waals surface area contributed by atoms with Crippen LogP contribution in [0, 0.1) is 5.92 Å². The summed E-state index contributed by atoms with van der Waals surface area (Å²) < 4.78 is 0. The number of thiophene rings is 1. The van der Waals surface area contributed by atoms with Crippen LogP contribution in [0.4, 0.5) is 0 Å². The number of aryl methyl sites for hydroxylation is 1. The number of hydrogen-bond donors (Lipinski definition) is 3. The molecular weight excluding hydrogens is 541 g/mol. The van der Waals surface area contributed by atoms with Gasteiger partial charge in [-0.15, -0.1) is 46.7 Å². The summed E-state index contributed by atoms with van der Waals surface area (Å²) in [5.41, 5.74) is 0.280. The van der Waals surface area contributed by atoms with Gasteiger partial charge < -0.3 is 15.7 Å². The number of guanidine groups is 1. The van der Waals surface area contributed by atoms with Crippen LogP contribution in [-0.2, 0) is 18.6 Å². The first-order valence-corrected chi connectivity index (χ1v) is 12.7. The number of piperidine rings is 1. The number of likely N-dealkylation sites (tertiary alicyclic amines) is 1. The molecule has 0 aliphatic carbocycles. The van der Waals surface area contributed by atoms with Gasteiger partial charge in [0.2, 0.25) is 0 Å². The smallest absolute Gasteiger partial charge is 0.191 e. The van der Waals surface area contributed by atoms with Gasteiger partial charge in [-0.1, -0.05) is 13.0 Å². The molecule has 6 nitrogen and oxygen atoms in total. The fourth-order valence-electron chi connectivity index (χ4n) is 3.64. The van der Waals surface area contributed by atoms with Crippen LogP contribution in [0.2, 0.25) is 0 Å². The van der Waals surface area contributed by atoms with Crippen LogP contribution in [0.5, 0.6) is 0 Å². The van der Waals surface area contributed by atoms with E-state index in [1.165, 1.54) is 23.5 Å². The Morgan fingerprint density at radius 1 is 1.29 bits per heavy atom. The molecule has 3 rings (SSSR count). The fourth-order valence-corrected chi connectivity index (χ4v) is 5.16. The number of halogens is 1. The van der Waals surface area contributed by atoms with Gasteiger partial charge in [0, 0.05) is 29.9 Å². The molecule has 0 radical (unpaired) electrons. The Hall–Kier alpha value is -0.750. The van der Waals surface area contributed by atoms with Crippen molar-refractivity contribution < 1.29 is 5.11 Å². The van der Waals surface area contributed by atoms with E-state index in [-0.39, 0.29) is 24.0 Å². The van der Waals surface area contributed by atoms with E-state index < -0.39 is 5.60 Å². The van der Waals surface area contributed by atoms with Gasteiger partial charge in [-0.25, -0.2) is 9.98 Å². The zero-order valence-electron chi connectivity index (χ0n) is 18.8. The third-order valence-electron chi connectivity index (χ3n) is 5.49. The summed E-state index contributed by atoms with van der Waals surface area (Å²) in [6.07, 6.45) is 3.39. The Kier molecular flexibility index (Phi) is 11.2. The molecule has 9 heteroatoms. The number of rotatable bonds is 9. The molecule has 1 aliphatic rings. The van der Waals surface area contributed by atoms with Crippen LogP contribution >= 0.6 is 46.7 Å². The molecule has 1 atom stereocenters. The summed E-state index contributed by atoms with van der Waals surface area (Å²) in [7, 11) is 0. The fraction of sp³-hybridized carbons (Fsp3) is 0.636. The number of aliphatic hydroxyl groups is 1. The molecule has 0 amide bonds. The molecule has 1 aliphatic heterocycles. The van der Waals surface area contributed by atoms with Crippen molar-refractivity contribution in [3.63, 3.8) is 0 Å². The van der Waals surface area contributed by atoms with Crippen LogP contribution in [0.25, 0.3) is 0 Å². The molecule has 2 aromatic rings. The van der Waals surface area contributed by atoms with Crippen molar-refractivity contribution in [1.82, 2.24) is 20.5 Å². The van der Waals surface area contributed by atoms with Crippen LogP contribution in [-0.4, -0.2) is 53.7 Å². The molecule has 1 saturated heterocycles.